The van der Waals surface area contributed by atoms with Crippen molar-refractivity contribution in [3.8, 4) is 5.75 Å². The van der Waals surface area contributed by atoms with Crippen LogP contribution in [0.2, 0.25) is 0 Å². The van der Waals surface area contributed by atoms with E-state index in [-0.39, 0.29) is 0 Å². The largest absolute Gasteiger partial charge is 0.494 e. The number of hydrogen-bond acceptors (Lipinski definition) is 4. The molecule has 0 saturated carbocycles. The second kappa shape index (κ2) is 8.36. The smallest absolute Gasteiger partial charge is 0.242 e. The van der Waals surface area contributed by atoms with Gasteiger partial charge in [-0.15, -0.1) is 0 Å². The quantitative estimate of drug-likeness (QED) is 0.708. The molecule has 1 aromatic carbocycles. The van der Waals surface area contributed by atoms with Gasteiger partial charge in [0.25, 0.3) is 0 Å². The molecule has 21 heavy (non-hydrogen) atoms. The zero-order valence-electron chi connectivity index (χ0n) is 13.1. The fraction of sp³-hybridized carbons (Fsp3) is 0.600. The first kappa shape index (κ1) is 17.9. The Morgan fingerprint density at radius 3 is 2.38 bits per heavy atom. The van der Waals surface area contributed by atoms with Crippen LogP contribution in [-0.2, 0) is 10.0 Å². The highest BCUT2D eigenvalue weighted by molar-refractivity contribution is 7.89. The summed E-state index contributed by atoms with van der Waals surface area (Å²) in [5.41, 5.74) is 5.39. The summed E-state index contributed by atoms with van der Waals surface area (Å²) < 4.78 is 31.6. The third-order valence-corrected chi connectivity index (χ3v) is 5.04. The number of benzene rings is 1. The van der Waals surface area contributed by atoms with Crippen molar-refractivity contribution < 1.29 is 13.2 Å². The van der Waals surface area contributed by atoms with Crippen molar-refractivity contribution in [3.63, 3.8) is 0 Å². The van der Waals surface area contributed by atoms with Gasteiger partial charge in [0.1, 0.15) is 5.75 Å². The van der Waals surface area contributed by atoms with E-state index >= 15 is 0 Å². The Morgan fingerprint density at radius 2 is 1.86 bits per heavy atom. The number of hydrogen-bond donors (Lipinski definition) is 1. The molecule has 0 radical (unpaired) electrons. The lowest BCUT2D eigenvalue weighted by Crippen LogP contribution is -2.28. The summed E-state index contributed by atoms with van der Waals surface area (Å²) in [4.78, 5) is 0.292. The van der Waals surface area contributed by atoms with Crippen LogP contribution in [0.3, 0.4) is 0 Å². The van der Waals surface area contributed by atoms with Crippen LogP contribution in [0.5, 0.6) is 5.75 Å². The first-order chi connectivity index (χ1) is 9.87. The first-order valence-corrected chi connectivity index (χ1v) is 8.71. The minimum atomic E-state index is -3.42. The zero-order valence-corrected chi connectivity index (χ0v) is 13.9. The lowest BCUT2D eigenvalue weighted by Gasteiger charge is -2.18. The minimum absolute atomic E-state index is 0.292. The predicted octanol–water partition coefficient (Wildman–Crippen LogP) is 2.08. The normalized spacial score (nSPS) is 12.1. The van der Waals surface area contributed by atoms with Crippen LogP contribution < -0.4 is 10.5 Å². The van der Waals surface area contributed by atoms with E-state index in [1.165, 1.54) is 4.31 Å². The SMILES string of the molecule is CC(C)CCN(C)S(=O)(=O)c1ccc(OCCCN)cc1. The maximum Gasteiger partial charge on any atom is 0.242 e. The van der Waals surface area contributed by atoms with E-state index in [1.807, 2.05) is 0 Å². The van der Waals surface area contributed by atoms with Gasteiger partial charge in [0, 0.05) is 13.6 Å². The molecule has 1 rings (SSSR count). The van der Waals surface area contributed by atoms with Gasteiger partial charge in [-0.05, 0) is 49.6 Å². The summed E-state index contributed by atoms with van der Waals surface area (Å²) in [5.74, 6) is 1.13. The van der Waals surface area contributed by atoms with Crippen LogP contribution in [0.1, 0.15) is 26.7 Å². The van der Waals surface area contributed by atoms with Gasteiger partial charge in [-0.2, -0.15) is 0 Å². The standard InChI is InChI=1S/C15H26N2O3S/c1-13(2)9-11-17(3)21(18,19)15-7-5-14(6-8-15)20-12-4-10-16/h5-8,13H,4,9-12,16H2,1-3H3. The molecule has 0 aliphatic rings. The molecule has 0 amide bonds. The molecule has 0 heterocycles. The fourth-order valence-corrected chi connectivity index (χ4v) is 2.91. The minimum Gasteiger partial charge on any atom is -0.494 e. The summed E-state index contributed by atoms with van der Waals surface area (Å²) in [7, 11) is -1.80. The predicted molar refractivity (Wildman–Crippen MR) is 84.9 cm³/mol. The van der Waals surface area contributed by atoms with E-state index in [0.717, 1.165) is 12.8 Å². The van der Waals surface area contributed by atoms with Gasteiger partial charge < -0.3 is 10.5 Å². The fourth-order valence-electron chi connectivity index (χ4n) is 1.72. The molecule has 5 nitrogen and oxygen atoms in total. The number of rotatable bonds is 9. The van der Waals surface area contributed by atoms with Crippen molar-refractivity contribution in [1.29, 1.82) is 0 Å². The van der Waals surface area contributed by atoms with Crippen LogP contribution >= 0.6 is 0 Å². The molecule has 2 N–H and O–H groups in total. The second-order valence-corrected chi connectivity index (χ2v) is 7.52. The molecule has 1 aromatic rings. The Morgan fingerprint density at radius 1 is 1.24 bits per heavy atom. The van der Waals surface area contributed by atoms with Crippen molar-refractivity contribution in [1.82, 2.24) is 4.31 Å². The maximum absolute atomic E-state index is 12.4. The Balaban J connectivity index is 2.70. The third kappa shape index (κ3) is 5.65. The molecule has 0 fully saturated rings. The van der Waals surface area contributed by atoms with E-state index in [1.54, 1.807) is 31.3 Å². The second-order valence-electron chi connectivity index (χ2n) is 5.47. The summed E-state index contributed by atoms with van der Waals surface area (Å²) in [6, 6.07) is 6.53. The lowest BCUT2D eigenvalue weighted by atomic mass is 10.1. The van der Waals surface area contributed by atoms with Crippen LogP contribution in [0.15, 0.2) is 29.2 Å². The Labute approximate surface area is 128 Å². The van der Waals surface area contributed by atoms with Crippen LogP contribution in [-0.4, -0.2) is 39.5 Å². The van der Waals surface area contributed by atoms with E-state index in [0.29, 0.717) is 36.3 Å². The summed E-state index contributed by atoms with van der Waals surface area (Å²) in [5, 5.41) is 0. The number of nitrogens with two attached hydrogens (primary N) is 1. The third-order valence-electron chi connectivity index (χ3n) is 3.17. The average molecular weight is 314 g/mol. The zero-order chi connectivity index (χ0) is 15.9. The highest BCUT2D eigenvalue weighted by Gasteiger charge is 2.20. The monoisotopic (exact) mass is 314 g/mol. The van der Waals surface area contributed by atoms with Gasteiger partial charge in [-0.25, -0.2) is 12.7 Å². The molecule has 0 unspecified atom stereocenters. The van der Waals surface area contributed by atoms with Gasteiger partial charge in [-0.1, -0.05) is 13.8 Å². The Hall–Kier alpha value is -1.11. The number of ether oxygens (including phenoxy) is 1. The van der Waals surface area contributed by atoms with Crippen molar-refractivity contribution in [3.05, 3.63) is 24.3 Å². The van der Waals surface area contributed by atoms with E-state index in [9.17, 15) is 8.42 Å². The molecular weight excluding hydrogens is 288 g/mol. The molecule has 6 heteroatoms. The highest BCUT2D eigenvalue weighted by Crippen LogP contribution is 2.19. The average Bonchev–Trinajstić information content (AvgIpc) is 2.45. The molecule has 0 aromatic heterocycles. The molecule has 120 valence electrons. The van der Waals surface area contributed by atoms with Gasteiger partial charge in [0.2, 0.25) is 10.0 Å². The molecule has 0 aliphatic heterocycles. The molecule has 0 atom stereocenters. The van der Waals surface area contributed by atoms with Crippen molar-refractivity contribution >= 4 is 10.0 Å². The van der Waals surface area contributed by atoms with Gasteiger partial charge in [0.05, 0.1) is 11.5 Å². The molecular formula is C15H26N2O3S. The van der Waals surface area contributed by atoms with Crippen molar-refractivity contribution in [2.24, 2.45) is 11.7 Å². The molecule has 0 spiro atoms. The highest BCUT2D eigenvalue weighted by atomic mass is 32.2. The number of sulfonamides is 1. The molecule has 0 saturated heterocycles. The van der Waals surface area contributed by atoms with Crippen molar-refractivity contribution in [2.75, 3.05) is 26.7 Å². The van der Waals surface area contributed by atoms with E-state index in [2.05, 4.69) is 13.8 Å². The van der Waals surface area contributed by atoms with Crippen LogP contribution in [0, 0.1) is 5.92 Å². The first-order valence-electron chi connectivity index (χ1n) is 7.27. The molecule has 0 aliphatic carbocycles. The summed E-state index contributed by atoms with van der Waals surface area (Å²) in [6.07, 6.45) is 1.62. The summed E-state index contributed by atoms with van der Waals surface area (Å²) in [6.45, 7) is 5.79. The number of nitrogens with zero attached hydrogens (tertiary/aromatic N) is 1. The van der Waals surface area contributed by atoms with Crippen molar-refractivity contribution in [2.45, 2.75) is 31.6 Å². The topological polar surface area (TPSA) is 72.6 Å². The lowest BCUT2D eigenvalue weighted by molar-refractivity contribution is 0.313. The maximum atomic E-state index is 12.4. The van der Waals surface area contributed by atoms with Crippen LogP contribution in [0.25, 0.3) is 0 Å². The van der Waals surface area contributed by atoms with Gasteiger partial charge in [0.15, 0.2) is 0 Å². The summed E-state index contributed by atoms with van der Waals surface area (Å²) >= 11 is 0. The van der Waals surface area contributed by atoms with Gasteiger partial charge >= 0.3 is 0 Å². The van der Waals surface area contributed by atoms with Crippen LogP contribution in [0.4, 0.5) is 0 Å². The van der Waals surface area contributed by atoms with E-state index < -0.39 is 10.0 Å². The molecule has 0 bridgehead atoms. The Bertz CT molecular complexity index is 512. The van der Waals surface area contributed by atoms with Gasteiger partial charge in [-0.3, -0.25) is 0 Å². The Kier molecular flexibility index (Phi) is 7.14. The van der Waals surface area contributed by atoms with E-state index in [4.69, 9.17) is 10.5 Å².